The number of hydrogen-bond acceptors (Lipinski definition) is 2. The normalized spacial score (nSPS) is 10.6. The van der Waals surface area contributed by atoms with Crippen molar-refractivity contribution in [2.75, 3.05) is 12.4 Å². The summed E-state index contributed by atoms with van der Waals surface area (Å²) in [6.07, 6.45) is 1.70. The maximum atomic E-state index is 12.3. The van der Waals surface area contributed by atoms with E-state index in [0.717, 1.165) is 10.9 Å². The van der Waals surface area contributed by atoms with Crippen LogP contribution in [0.2, 0.25) is 5.02 Å². The molecule has 4 nitrogen and oxygen atoms in total. The Balaban J connectivity index is 1.88. The van der Waals surface area contributed by atoms with Crippen LogP contribution in [0.4, 0.5) is 5.69 Å². The van der Waals surface area contributed by atoms with Crippen LogP contribution in [0, 0.1) is 0 Å². The van der Waals surface area contributed by atoms with Crippen molar-refractivity contribution in [2.24, 2.45) is 0 Å². The minimum Gasteiger partial charge on any atom is -0.495 e. The van der Waals surface area contributed by atoms with E-state index in [4.69, 9.17) is 16.3 Å². The Labute approximate surface area is 126 Å². The molecule has 0 aliphatic carbocycles. The van der Waals surface area contributed by atoms with Crippen LogP contribution < -0.4 is 10.1 Å². The number of rotatable bonds is 3. The monoisotopic (exact) mass is 300 g/mol. The summed E-state index contributed by atoms with van der Waals surface area (Å²) in [5.74, 6) is 0.385. The van der Waals surface area contributed by atoms with E-state index in [0.29, 0.717) is 22.0 Å². The minimum atomic E-state index is -0.186. The van der Waals surface area contributed by atoms with Crippen molar-refractivity contribution in [3.63, 3.8) is 0 Å². The molecular formula is C16H13ClN2O2. The Morgan fingerprint density at radius 2 is 2.05 bits per heavy atom. The van der Waals surface area contributed by atoms with Gasteiger partial charge in [0.2, 0.25) is 0 Å². The summed E-state index contributed by atoms with van der Waals surface area (Å²) in [7, 11) is 1.55. The second kappa shape index (κ2) is 5.50. The first-order chi connectivity index (χ1) is 10.2. The van der Waals surface area contributed by atoms with Gasteiger partial charge < -0.3 is 15.0 Å². The molecule has 5 heteroatoms. The summed E-state index contributed by atoms with van der Waals surface area (Å²) in [6, 6.07) is 12.8. The van der Waals surface area contributed by atoms with Gasteiger partial charge in [0.15, 0.2) is 0 Å². The minimum absolute atomic E-state index is 0.186. The highest BCUT2D eigenvalue weighted by atomic mass is 35.5. The Hall–Kier alpha value is -2.46. The molecule has 1 heterocycles. The zero-order valence-corrected chi connectivity index (χ0v) is 12.1. The van der Waals surface area contributed by atoms with Gasteiger partial charge in [0, 0.05) is 22.8 Å². The Kier molecular flexibility index (Phi) is 3.54. The van der Waals surface area contributed by atoms with E-state index in [9.17, 15) is 4.79 Å². The van der Waals surface area contributed by atoms with Crippen LogP contribution in [0.25, 0.3) is 10.9 Å². The van der Waals surface area contributed by atoms with Crippen molar-refractivity contribution in [3.05, 3.63) is 59.2 Å². The Morgan fingerprint density at radius 1 is 1.24 bits per heavy atom. The number of aromatic nitrogens is 1. The lowest BCUT2D eigenvalue weighted by atomic mass is 10.1. The number of aromatic amines is 1. The molecule has 21 heavy (non-hydrogen) atoms. The summed E-state index contributed by atoms with van der Waals surface area (Å²) in [4.78, 5) is 15.4. The van der Waals surface area contributed by atoms with Crippen LogP contribution in [0.15, 0.2) is 48.7 Å². The van der Waals surface area contributed by atoms with Crippen molar-refractivity contribution in [1.29, 1.82) is 0 Å². The van der Waals surface area contributed by atoms with E-state index >= 15 is 0 Å². The van der Waals surface area contributed by atoms with Gasteiger partial charge in [-0.05, 0) is 24.3 Å². The van der Waals surface area contributed by atoms with Crippen LogP contribution >= 0.6 is 11.6 Å². The van der Waals surface area contributed by atoms with Crippen LogP contribution in [-0.4, -0.2) is 18.0 Å². The lowest BCUT2D eigenvalue weighted by Gasteiger charge is -2.07. The molecule has 106 valence electrons. The van der Waals surface area contributed by atoms with Gasteiger partial charge in [0.25, 0.3) is 5.91 Å². The number of para-hydroxylation sites is 1. The number of ether oxygens (including phenoxy) is 1. The van der Waals surface area contributed by atoms with Crippen molar-refractivity contribution < 1.29 is 9.53 Å². The zero-order chi connectivity index (χ0) is 14.8. The maximum absolute atomic E-state index is 12.3. The van der Waals surface area contributed by atoms with Gasteiger partial charge in [0.1, 0.15) is 5.75 Å². The number of carbonyl (C=O) groups excluding carboxylic acids is 1. The van der Waals surface area contributed by atoms with Gasteiger partial charge in [-0.15, -0.1) is 0 Å². The lowest BCUT2D eigenvalue weighted by Crippen LogP contribution is -2.11. The SMILES string of the molecule is COc1ccc(NC(=O)c2c[nH]c3ccccc23)cc1Cl. The third-order valence-electron chi connectivity index (χ3n) is 3.24. The second-order valence-electron chi connectivity index (χ2n) is 4.55. The fourth-order valence-electron chi connectivity index (χ4n) is 2.20. The van der Waals surface area contributed by atoms with E-state index in [-0.39, 0.29) is 5.91 Å². The van der Waals surface area contributed by atoms with Crippen molar-refractivity contribution in [3.8, 4) is 5.75 Å². The molecule has 0 radical (unpaired) electrons. The van der Waals surface area contributed by atoms with Gasteiger partial charge >= 0.3 is 0 Å². The predicted octanol–water partition coefficient (Wildman–Crippen LogP) is 4.08. The van der Waals surface area contributed by atoms with Gasteiger partial charge in [-0.3, -0.25) is 4.79 Å². The standard InChI is InChI=1S/C16H13ClN2O2/c1-21-15-7-6-10(8-13(15)17)19-16(20)12-9-18-14-5-3-2-4-11(12)14/h2-9,18H,1H3,(H,19,20). The smallest absolute Gasteiger partial charge is 0.257 e. The number of anilines is 1. The van der Waals surface area contributed by atoms with Crippen LogP contribution in [0.5, 0.6) is 5.75 Å². The second-order valence-corrected chi connectivity index (χ2v) is 4.96. The van der Waals surface area contributed by atoms with E-state index < -0.39 is 0 Å². The number of hydrogen-bond donors (Lipinski definition) is 2. The van der Waals surface area contributed by atoms with Crippen LogP contribution in [0.1, 0.15) is 10.4 Å². The molecule has 2 N–H and O–H groups in total. The lowest BCUT2D eigenvalue weighted by molar-refractivity contribution is 0.102. The first kappa shape index (κ1) is 13.5. The molecule has 0 aliphatic rings. The number of methoxy groups -OCH3 is 1. The predicted molar refractivity (Wildman–Crippen MR) is 84.3 cm³/mol. The molecule has 0 saturated carbocycles. The van der Waals surface area contributed by atoms with Crippen molar-refractivity contribution in [1.82, 2.24) is 4.98 Å². The largest absolute Gasteiger partial charge is 0.495 e. The molecule has 0 unspecified atom stereocenters. The summed E-state index contributed by atoms with van der Waals surface area (Å²) >= 11 is 6.05. The van der Waals surface area contributed by atoms with Crippen LogP contribution in [0.3, 0.4) is 0 Å². The molecule has 3 rings (SSSR count). The van der Waals surface area contributed by atoms with Gasteiger partial charge in [-0.25, -0.2) is 0 Å². The molecule has 0 fully saturated rings. The molecule has 1 amide bonds. The van der Waals surface area contributed by atoms with Gasteiger partial charge in [-0.2, -0.15) is 0 Å². The first-order valence-corrected chi connectivity index (χ1v) is 6.78. The molecule has 0 bridgehead atoms. The van der Waals surface area contributed by atoms with E-state index in [1.807, 2.05) is 24.3 Å². The highest BCUT2D eigenvalue weighted by Gasteiger charge is 2.12. The molecule has 0 saturated heterocycles. The first-order valence-electron chi connectivity index (χ1n) is 6.40. The highest BCUT2D eigenvalue weighted by molar-refractivity contribution is 6.32. The number of H-pyrrole nitrogens is 1. The summed E-state index contributed by atoms with van der Waals surface area (Å²) in [6.45, 7) is 0. The van der Waals surface area contributed by atoms with Crippen molar-refractivity contribution >= 4 is 34.1 Å². The number of carbonyl (C=O) groups is 1. The number of fused-ring (bicyclic) bond motifs is 1. The number of benzene rings is 2. The molecule has 0 spiro atoms. The maximum Gasteiger partial charge on any atom is 0.257 e. The third-order valence-corrected chi connectivity index (χ3v) is 3.54. The molecular weight excluding hydrogens is 288 g/mol. The summed E-state index contributed by atoms with van der Waals surface area (Å²) in [5.41, 5.74) is 2.14. The fourth-order valence-corrected chi connectivity index (χ4v) is 2.46. The van der Waals surface area contributed by atoms with E-state index in [1.54, 1.807) is 31.5 Å². The number of halogens is 1. The van der Waals surface area contributed by atoms with Gasteiger partial charge in [0.05, 0.1) is 17.7 Å². The van der Waals surface area contributed by atoms with Crippen LogP contribution in [-0.2, 0) is 0 Å². The fraction of sp³-hybridized carbons (Fsp3) is 0.0625. The third kappa shape index (κ3) is 2.58. The average molecular weight is 301 g/mol. The number of amides is 1. The van der Waals surface area contributed by atoms with E-state index in [1.165, 1.54) is 0 Å². The molecule has 0 atom stereocenters. The average Bonchev–Trinajstić information content (AvgIpc) is 2.91. The summed E-state index contributed by atoms with van der Waals surface area (Å²) in [5, 5.41) is 4.17. The Bertz CT molecular complexity index is 811. The molecule has 2 aromatic carbocycles. The molecule has 0 aliphatic heterocycles. The highest BCUT2D eigenvalue weighted by Crippen LogP contribution is 2.28. The number of nitrogens with one attached hydrogen (secondary N) is 2. The summed E-state index contributed by atoms with van der Waals surface area (Å²) < 4.78 is 5.09. The van der Waals surface area contributed by atoms with Gasteiger partial charge in [-0.1, -0.05) is 29.8 Å². The zero-order valence-electron chi connectivity index (χ0n) is 11.3. The van der Waals surface area contributed by atoms with Crippen molar-refractivity contribution in [2.45, 2.75) is 0 Å². The Morgan fingerprint density at radius 3 is 2.81 bits per heavy atom. The molecule has 3 aromatic rings. The topological polar surface area (TPSA) is 54.1 Å². The van der Waals surface area contributed by atoms with E-state index in [2.05, 4.69) is 10.3 Å². The molecule has 1 aromatic heterocycles. The quantitative estimate of drug-likeness (QED) is 0.765.